The molecular formula is C22H44O6S. The lowest BCUT2D eigenvalue weighted by atomic mass is 10.0. The van der Waals surface area contributed by atoms with Crippen LogP contribution in [0, 0.1) is 0 Å². The van der Waals surface area contributed by atoms with E-state index in [1.807, 2.05) is 6.92 Å². The molecule has 6 nitrogen and oxygen atoms in total. The predicted octanol–water partition coefficient (Wildman–Crippen LogP) is 5.43. The zero-order valence-corrected chi connectivity index (χ0v) is 19.4. The Kier molecular flexibility index (Phi) is 17.7. The number of ether oxygens (including phenoxy) is 1. The predicted molar refractivity (Wildman–Crippen MR) is 118 cm³/mol. The minimum atomic E-state index is -4.25. The van der Waals surface area contributed by atoms with Crippen molar-refractivity contribution < 1.29 is 27.6 Å². The minimum absolute atomic E-state index is 0.150. The van der Waals surface area contributed by atoms with Gasteiger partial charge in [-0.1, -0.05) is 84.5 Å². The average molecular weight is 437 g/mol. The number of hydrogen-bond acceptors (Lipinski definition) is 5. The fraction of sp³-hybridized carbons (Fsp3) is 0.955. The van der Waals surface area contributed by atoms with E-state index in [2.05, 4.69) is 6.92 Å². The molecule has 0 rings (SSSR count). The molecule has 0 heterocycles. The van der Waals surface area contributed by atoms with Gasteiger partial charge in [-0.05, 0) is 25.7 Å². The SMILES string of the molecule is CCCCCCCCC(O)C(CCCCCCCC(=O)OCCCC)S(=O)(=O)O. The summed E-state index contributed by atoms with van der Waals surface area (Å²) in [4.78, 5) is 11.5. The third kappa shape index (κ3) is 16.8. The molecule has 174 valence electrons. The van der Waals surface area contributed by atoms with Gasteiger partial charge in [0.15, 0.2) is 0 Å². The van der Waals surface area contributed by atoms with Gasteiger partial charge in [0.05, 0.1) is 12.7 Å². The summed E-state index contributed by atoms with van der Waals surface area (Å²) in [6.45, 7) is 4.70. The summed E-state index contributed by atoms with van der Waals surface area (Å²) in [5.41, 5.74) is 0. The molecule has 0 saturated heterocycles. The second-order valence-corrected chi connectivity index (χ2v) is 9.69. The molecule has 29 heavy (non-hydrogen) atoms. The molecule has 0 aromatic carbocycles. The van der Waals surface area contributed by atoms with Crippen LogP contribution in [0.25, 0.3) is 0 Å². The maximum atomic E-state index is 11.6. The average Bonchev–Trinajstić information content (AvgIpc) is 2.65. The lowest BCUT2D eigenvalue weighted by molar-refractivity contribution is -0.143. The Morgan fingerprint density at radius 1 is 0.793 bits per heavy atom. The van der Waals surface area contributed by atoms with Gasteiger partial charge in [-0.25, -0.2) is 0 Å². The molecule has 0 amide bonds. The molecule has 2 N–H and O–H groups in total. The van der Waals surface area contributed by atoms with Gasteiger partial charge in [-0.3, -0.25) is 9.35 Å². The zero-order valence-electron chi connectivity index (χ0n) is 18.6. The highest BCUT2D eigenvalue weighted by Gasteiger charge is 2.29. The number of carbonyl (C=O) groups excluding carboxylic acids is 1. The topological polar surface area (TPSA) is 101 Å². The molecule has 0 radical (unpaired) electrons. The molecule has 0 aromatic heterocycles. The maximum absolute atomic E-state index is 11.6. The summed E-state index contributed by atoms with van der Waals surface area (Å²) in [7, 11) is -4.25. The highest BCUT2D eigenvalue weighted by molar-refractivity contribution is 7.86. The number of hydrogen-bond donors (Lipinski definition) is 2. The first-order valence-electron chi connectivity index (χ1n) is 11.6. The summed E-state index contributed by atoms with van der Waals surface area (Å²) < 4.78 is 37.9. The van der Waals surface area contributed by atoms with Crippen molar-refractivity contribution in [2.45, 2.75) is 128 Å². The Hall–Kier alpha value is -0.660. The molecule has 0 bridgehead atoms. The lowest BCUT2D eigenvalue weighted by Crippen LogP contribution is -2.33. The van der Waals surface area contributed by atoms with Crippen molar-refractivity contribution in [3.8, 4) is 0 Å². The van der Waals surface area contributed by atoms with E-state index in [9.17, 15) is 22.9 Å². The summed E-state index contributed by atoms with van der Waals surface area (Å²) in [5, 5.41) is 9.16. The maximum Gasteiger partial charge on any atom is 0.305 e. The normalized spacial score (nSPS) is 13.9. The van der Waals surface area contributed by atoms with Crippen molar-refractivity contribution in [3.63, 3.8) is 0 Å². The Bertz CT molecular complexity index is 492. The van der Waals surface area contributed by atoms with Gasteiger partial charge >= 0.3 is 5.97 Å². The number of aliphatic hydroxyl groups is 1. The highest BCUT2D eigenvalue weighted by Crippen LogP contribution is 2.20. The quantitative estimate of drug-likeness (QED) is 0.150. The summed E-state index contributed by atoms with van der Waals surface area (Å²) in [5.74, 6) is -0.150. The van der Waals surface area contributed by atoms with Crippen LogP contribution in [0.3, 0.4) is 0 Å². The molecule has 0 aliphatic carbocycles. The first-order chi connectivity index (χ1) is 13.8. The Balaban J connectivity index is 3.94. The van der Waals surface area contributed by atoms with Crippen LogP contribution in [0.4, 0.5) is 0 Å². The van der Waals surface area contributed by atoms with Gasteiger partial charge in [-0.15, -0.1) is 0 Å². The molecule has 0 aliphatic rings. The van der Waals surface area contributed by atoms with Crippen molar-refractivity contribution >= 4 is 16.1 Å². The minimum Gasteiger partial charge on any atom is -0.466 e. The summed E-state index contributed by atoms with van der Waals surface area (Å²) in [6.07, 6.45) is 12.4. The van der Waals surface area contributed by atoms with Crippen LogP contribution < -0.4 is 0 Å². The molecule has 2 atom stereocenters. The van der Waals surface area contributed by atoms with Crippen molar-refractivity contribution in [3.05, 3.63) is 0 Å². The highest BCUT2D eigenvalue weighted by atomic mass is 32.2. The van der Waals surface area contributed by atoms with E-state index < -0.39 is 21.5 Å². The second-order valence-electron chi connectivity index (χ2n) is 8.06. The summed E-state index contributed by atoms with van der Waals surface area (Å²) in [6, 6.07) is 0. The third-order valence-corrected chi connectivity index (χ3v) is 6.61. The van der Waals surface area contributed by atoms with E-state index in [0.29, 0.717) is 25.9 Å². The molecule has 0 saturated carbocycles. The fourth-order valence-electron chi connectivity index (χ4n) is 3.41. The Labute approximate surface area is 178 Å². The molecule has 0 aliphatic heterocycles. The van der Waals surface area contributed by atoms with Crippen LogP contribution in [-0.2, 0) is 19.6 Å². The van der Waals surface area contributed by atoms with Crippen molar-refractivity contribution in [2.75, 3.05) is 6.61 Å². The van der Waals surface area contributed by atoms with E-state index in [1.165, 1.54) is 19.3 Å². The van der Waals surface area contributed by atoms with Crippen LogP contribution in [0.5, 0.6) is 0 Å². The third-order valence-electron chi connectivity index (χ3n) is 5.30. The number of aliphatic hydroxyl groups excluding tert-OH is 1. The first-order valence-corrected chi connectivity index (χ1v) is 13.1. The Morgan fingerprint density at radius 2 is 1.31 bits per heavy atom. The molecule has 0 fully saturated rings. The van der Waals surface area contributed by atoms with Crippen LogP contribution in [0.2, 0.25) is 0 Å². The summed E-state index contributed by atoms with van der Waals surface area (Å²) >= 11 is 0. The second kappa shape index (κ2) is 18.1. The van der Waals surface area contributed by atoms with Crippen LogP contribution in [0.15, 0.2) is 0 Å². The van der Waals surface area contributed by atoms with Crippen LogP contribution >= 0.6 is 0 Å². The molecule has 0 spiro atoms. The smallest absolute Gasteiger partial charge is 0.305 e. The van der Waals surface area contributed by atoms with Gasteiger partial charge in [0, 0.05) is 6.42 Å². The number of esters is 1. The van der Waals surface area contributed by atoms with Crippen molar-refractivity contribution in [2.24, 2.45) is 0 Å². The van der Waals surface area contributed by atoms with E-state index >= 15 is 0 Å². The van der Waals surface area contributed by atoms with Crippen molar-refractivity contribution in [1.82, 2.24) is 0 Å². The number of carbonyl (C=O) groups is 1. The monoisotopic (exact) mass is 436 g/mol. The van der Waals surface area contributed by atoms with Gasteiger partial charge in [0.2, 0.25) is 0 Å². The number of rotatable bonds is 20. The van der Waals surface area contributed by atoms with Crippen molar-refractivity contribution in [1.29, 1.82) is 0 Å². The Morgan fingerprint density at radius 3 is 1.90 bits per heavy atom. The fourth-order valence-corrected chi connectivity index (χ4v) is 4.40. The van der Waals surface area contributed by atoms with E-state index in [4.69, 9.17) is 4.74 Å². The van der Waals surface area contributed by atoms with Crippen LogP contribution in [-0.4, -0.2) is 42.0 Å². The van der Waals surface area contributed by atoms with Gasteiger partial charge < -0.3 is 9.84 Å². The molecule has 2 unspecified atom stereocenters. The standard InChI is InChI=1S/C22H44O6S/c1-3-5-7-8-10-13-16-20(23)21(29(25,26)27)17-14-11-9-12-15-18-22(24)28-19-6-4-2/h20-21,23H,3-19H2,1-2H3,(H,25,26,27). The molecular weight excluding hydrogens is 392 g/mol. The van der Waals surface area contributed by atoms with E-state index in [0.717, 1.165) is 57.8 Å². The van der Waals surface area contributed by atoms with Gasteiger partial charge in [0.25, 0.3) is 10.1 Å². The molecule has 7 heteroatoms. The lowest BCUT2D eigenvalue weighted by Gasteiger charge is -2.20. The first kappa shape index (κ1) is 28.3. The zero-order chi connectivity index (χ0) is 22.0. The van der Waals surface area contributed by atoms with E-state index in [-0.39, 0.29) is 12.4 Å². The van der Waals surface area contributed by atoms with E-state index in [1.54, 1.807) is 0 Å². The van der Waals surface area contributed by atoms with Crippen LogP contribution in [0.1, 0.15) is 117 Å². The number of unbranched alkanes of at least 4 members (excludes halogenated alkanes) is 10. The van der Waals surface area contributed by atoms with Gasteiger partial charge in [0.1, 0.15) is 5.25 Å². The largest absolute Gasteiger partial charge is 0.466 e. The van der Waals surface area contributed by atoms with Gasteiger partial charge in [-0.2, -0.15) is 8.42 Å². The molecule has 0 aromatic rings.